The highest BCUT2D eigenvalue weighted by molar-refractivity contribution is 7.93. The van der Waals surface area contributed by atoms with Crippen molar-refractivity contribution >= 4 is 32.5 Å². The van der Waals surface area contributed by atoms with E-state index in [1.165, 1.54) is 21.3 Å². The van der Waals surface area contributed by atoms with E-state index < -0.39 is 10.0 Å². The van der Waals surface area contributed by atoms with Gasteiger partial charge < -0.3 is 28.8 Å². The number of ether oxygens (including phenoxy) is 4. The Hall–Kier alpha value is -3.22. The van der Waals surface area contributed by atoms with E-state index in [4.69, 9.17) is 23.5 Å². The Kier molecular flexibility index (Phi) is 7.06. The van der Waals surface area contributed by atoms with Gasteiger partial charge in [0, 0.05) is 32.3 Å². The fourth-order valence-electron chi connectivity index (χ4n) is 5.18. The van der Waals surface area contributed by atoms with Crippen LogP contribution in [-0.4, -0.2) is 79.2 Å². The molecule has 2 N–H and O–H groups in total. The molecule has 0 aliphatic carbocycles. The summed E-state index contributed by atoms with van der Waals surface area (Å²) in [4.78, 5) is 2.35. The zero-order valence-electron chi connectivity index (χ0n) is 21.4. The molecule has 3 heterocycles. The number of aromatic nitrogens is 1. The Morgan fingerprint density at radius 2 is 1.76 bits per heavy atom. The molecule has 2 saturated heterocycles. The zero-order valence-corrected chi connectivity index (χ0v) is 22.2. The van der Waals surface area contributed by atoms with Gasteiger partial charge in [0.2, 0.25) is 0 Å². The number of hydrogen-bond donors (Lipinski definition) is 2. The Balaban J connectivity index is 1.46. The number of anilines is 2. The molecular formula is C25H32N4O7S. The van der Waals surface area contributed by atoms with Crippen molar-refractivity contribution in [2.75, 3.05) is 64.7 Å². The molecule has 3 aromatic rings. The van der Waals surface area contributed by atoms with Gasteiger partial charge in [0.15, 0.2) is 16.3 Å². The topological polar surface area (TPSA) is 124 Å². The van der Waals surface area contributed by atoms with Crippen LogP contribution in [0.1, 0.15) is 24.3 Å². The van der Waals surface area contributed by atoms with E-state index in [0.717, 1.165) is 44.7 Å². The van der Waals surface area contributed by atoms with E-state index in [9.17, 15) is 8.42 Å². The molecule has 2 aromatic carbocycles. The lowest BCUT2D eigenvalue weighted by atomic mass is 9.98. The van der Waals surface area contributed by atoms with Gasteiger partial charge in [0.05, 0.1) is 39.0 Å². The third-order valence-electron chi connectivity index (χ3n) is 7.16. The van der Waals surface area contributed by atoms with E-state index in [2.05, 4.69) is 20.1 Å². The van der Waals surface area contributed by atoms with E-state index in [0.29, 0.717) is 28.4 Å². The number of methoxy groups -OCH3 is 3. The van der Waals surface area contributed by atoms with E-state index in [1.54, 1.807) is 31.3 Å². The number of benzene rings is 2. The molecule has 2 aliphatic rings. The Labute approximate surface area is 216 Å². The number of sulfonamides is 1. The van der Waals surface area contributed by atoms with Crippen molar-refractivity contribution in [3.05, 3.63) is 29.8 Å². The smallest absolute Gasteiger partial charge is 0.270 e. The fraction of sp³-hybridized carbons (Fsp3) is 0.480. The molecule has 0 saturated carbocycles. The molecule has 0 amide bonds. The first-order chi connectivity index (χ1) is 17.9. The van der Waals surface area contributed by atoms with Crippen LogP contribution >= 0.6 is 0 Å². The van der Waals surface area contributed by atoms with Crippen molar-refractivity contribution in [2.24, 2.45) is 0 Å². The SMILES string of the molecule is CNc1cc2onc(NS(=O)(=O)c3c(OC)cc([C@H]4CCN([C@@H]5CCOC5)C4)cc3OC)c2cc1OC. The van der Waals surface area contributed by atoms with Crippen molar-refractivity contribution in [3.8, 4) is 17.2 Å². The van der Waals surface area contributed by atoms with Crippen LogP contribution in [0.3, 0.4) is 0 Å². The van der Waals surface area contributed by atoms with Crippen LogP contribution in [0.25, 0.3) is 11.0 Å². The van der Waals surface area contributed by atoms with E-state index >= 15 is 0 Å². The summed E-state index contributed by atoms with van der Waals surface area (Å²) < 4.78 is 57.2. The molecule has 12 heteroatoms. The highest BCUT2D eigenvalue weighted by Gasteiger charge is 2.34. The zero-order chi connectivity index (χ0) is 26.2. The van der Waals surface area contributed by atoms with Crippen molar-refractivity contribution < 1.29 is 31.9 Å². The highest BCUT2D eigenvalue weighted by atomic mass is 32.2. The largest absolute Gasteiger partial charge is 0.495 e. The summed E-state index contributed by atoms with van der Waals surface area (Å²) in [6, 6.07) is 7.38. The van der Waals surface area contributed by atoms with Crippen molar-refractivity contribution in [1.29, 1.82) is 0 Å². The molecule has 11 nitrogen and oxygen atoms in total. The van der Waals surface area contributed by atoms with Crippen LogP contribution in [0.5, 0.6) is 17.2 Å². The normalized spacial score (nSPS) is 20.3. The van der Waals surface area contributed by atoms with Crippen molar-refractivity contribution in [2.45, 2.75) is 29.7 Å². The summed E-state index contributed by atoms with van der Waals surface area (Å²) >= 11 is 0. The van der Waals surface area contributed by atoms with Crippen LogP contribution in [0.2, 0.25) is 0 Å². The number of fused-ring (bicyclic) bond motifs is 1. The molecular weight excluding hydrogens is 500 g/mol. The standard InChI is InChI=1S/C25H32N4O7S/c1-26-19-12-20-18(11-21(19)32-2)25(27-36-20)28-37(30,31)24-22(33-3)9-16(10-23(24)34-4)15-5-7-29(13-15)17-6-8-35-14-17/h9-12,15,17,26H,5-8,13-14H2,1-4H3,(H,27,28)/t15-,17+/m0/s1. The first kappa shape index (κ1) is 25.4. The van der Waals surface area contributed by atoms with Gasteiger partial charge in [-0.15, -0.1) is 0 Å². The summed E-state index contributed by atoms with van der Waals surface area (Å²) in [6.07, 6.45) is 2.01. The average Bonchev–Trinajstić information content (AvgIpc) is 3.68. The molecule has 0 unspecified atom stereocenters. The minimum Gasteiger partial charge on any atom is -0.495 e. The molecule has 200 valence electrons. The third-order valence-corrected chi connectivity index (χ3v) is 8.56. The summed E-state index contributed by atoms with van der Waals surface area (Å²) in [5.41, 5.74) is 2.06. The lowest BCUT2D eigenvalue weighted by Crippen LogP contribution is -2.33. The maximum atomic E-state index is 13.6. The quantitative estimate of drug-likeness (QED) is 0.424. The van der Waals surface area contributed by atoms with Gasteiger partial charge in [-0.2, -0.15) is 0 Å². The number of hydrogen-bond acceptors (Lipinski definition) is 10. The molecule has 37 heavy (non-hydrogen) atoms. The molecule has 5 rings (SSSR count). The van der Waals surface area contributed by atoms with Crippen LogP contribution in [0.4, 0.5) is 11.5 Å². The lowest BCUT2D eigenvalue weighted by molar-refractivity contribution is 0.158. The molecule has 0 radical (unpaired) electrons. The summed E-state index contributed by atoms with van der Waals surface area (Å²) in [7, 11) is 2.01. The predicted octanol–water partition coefficient (Wildman–Crippen LogP) is 3.27. The highest BCUT2D eigenvalue weighted by Crippen LogP contribution is 2.41. The number of likely N-dealkylation sites (tertiary alicyclic amines) is 1. The van der Waals surface area contributed by atoms with Crippen molar-refractivity contribution in [3.63, 3.8) is 0 Å². The molecule has 0 spiro atoms. The first-order valence-corrected chi connectivity index (χ1v) is 13.6. The maximum Gasteiger partial charge on any atom is 0.270 e. The average molecular weight is 533 g/mol. The van der Waals surface area contributed by atoms with Crippen LogP contribution in [0, 0.1) is 0 Å². The Morgan fingerprint density at radius 3 is 2.38 bits per heavy atom. The number of nitrogens with one attached hydrogen (secondary N) is 2. The van der Waals surface area contributed by atoms with Crippen molar-refractivity contribution in [1.82, 2.24) is 10.1 Å². The second-order valence-corrected chi connectivity index (χ2v) is 10.8. The number of rotatable bonds is 9. The maximum absolute atomic E-state index is 13.6. The summed E-state index contributed by atoms with van der Waals surface area (Å²) in [5.74, 6) is 1.20. The number of nitrogens with zero attached hydrogens (tertiary/aromatic N) is 2. The van der Waals surface area contributed by atoms with Gasteiger partial charge in [0.1, 0.15) is 17.2 Å². The second-order valence-electron chi connectivity index (χ2n) is 9.19. The van der Waals surface area contributed by atoms with Crippen LogP contribution < -0.4 is 24.2 Å². The van der Waals surface area contributed by atoms with Gasteiger partial charge in [0.25, 0.3) is 10.0 Å². The first-order valence-electron chi connectivity index (χ1n) is 12.1. The molecule has 1 aromatic heterocycles. The third kappa shape index (κ3) is 4.76. The van der Waals surface area contributed by atoms with Gasteiger partial charge in [-0.1, -0.05) is 5.16 Å². The van der Waals surface area contributed by atoms with E-state index in [1.807, 2.05) is 0 Å². The minimum absolute atomic E-state index is 0.0364. The second kappa shape index (κ2) is 10.3. The van der Waals surface area contributed by atoms with Gasteiger partial charge in [-0.05, 0) is 49.1 Å². The monoisotopic (exact) mass is 532 g/mol. The van der Waals surface area contributed by atoms with E-state index in [-0.39, 0.29) is 28.1 Å². The molecule has 2 aliphatic heterocycles. The predicted molar refractivity (Wildman–Crippen MR) is 139 cm³/mol. The molecule has 0 bridgehead atoms. The van der Waals surface area contributed by atoms with Crippen LogP contribution in [-0.2, 0) is 14.8 Å². The Morgan fingerprint density at radius 1 is 1.03 bits per heavy atom. The van der Waals surface area contributed by atoms with Gasteiger partial charge in [-0.25, -0.2) is 8.42 Å². The molecule has 2 atom stereocenters. The summed E-state index contributed by atoms with van der Waals surface area (Å²) in [6.45, 7) is 3.42. The Bertz CT molecular complexity index is 1360. The lowest BCUT2D eigenvalue weighted by Gasteiger charge is -2.23. The van der Waals surface area contributed by atoms with Crippen LogP contribution in [0.15, 0.2) is 33.7 Å². The van der Waals surface area contributed by atoms with Gasteiger partial charge >= 0.3 is 0 Å². The molecule has 2 fully saturated rings. The fourth-order valence-corrected chi connectivity index (χ4v) is 6.50. The minimum atomic E-state index is -4.17. The van der Waals surface area contributed by atoms with Gasteiger partial charge in [-0.3, -0.25) is 9.62 Å². The summed E-state index contributed by atoms with van der Waals surface area (Å²) in [5, 5.41) is 7.41.